The van der Waals surface area contributed by atoms with Gasteiger partial charge in [0, 0.05) is 0 Å². The van der Waals surface area contributed by atoms with E-state index in [1.54, 1.807) is 0 Å². The van der Waals surface area contributed by atoms with Gasteiger partial charge >= 0.3 is 0 Å². The summed E-state index contributed by atoms with van der Waals surface area (Å²) in [6.07, 6.45) is 0.240. The molecule has 0 bridgehead atoms. The quantitative estimate of drug-likeness (QED) is 0.598. The first-order valence-corrected chi connectivity index (χ1v) is 4.97. The van der Waals surface area contributed by atoms with Gasteiger partial charge in [-0.15, -0.1) is 11.6 Å². The van der Waals surface area contributed by atoms with Crippen LogP contribution in [0.2, 0.25) is 5.02 Å². The molecule has 0 spiro atoms. The van der Waals surface area contributed by atoms with Crippen LogP contribution in [0, 0.1) is 5.82 Å². The maximum absolute atomic E-state index is 12.7. The van der Waals surface area contributed by atoms with Gasteiger partial charge in [-0.25, -0.2) is 4.39 Å². The van der Waals surface area contributed by atoms with E-state index >= 15 is 0 Å². The highest BCUT2D eigenvalue weighted by molar-refractivity contribution is 6.69. The van der Waals surface area contributed by atoms with Crippen LogP contribution in [0.1, 0.15) is 5.56 Å². The van der Waals surface area contributed by atoms with E-state index in [2.05, 4.69) is 0 Å². The van der Waals surface area contributed by atoms with Gasteiger partial charge in [0.2, 0.25) is 5.24 Å². The number of halogens is 4. The minimum Gasteiger partial charge on any atom is -0.280 e. The third-order valence-electron chi connectivity index (χ3n) is 1.65. The van der Waals surface area contributed by atoms with Crippen LogP contribution in [0.15, 0.2) is 18.2 Å². The van der Waals surface area contributed by atoms with Crippen molar-refractivity contribution in [3.8, 4) is 0 Å². The van der Waals surface area contributed by atoms with E-state index in [1.165, 1.54) is 18.2 Å². The maximum atomic E-state index is 12.7. The van der Waals surface area contributed by atoms with Gasteiger partial charge < -0.3 is 0 Å². The fraction of sp³-hybridized carbons (Fsp3) is 0.222. The standard InChI is InChI=1S/C9H6Cl3FO/c10-6-3-5(1-2-8(6)13)4-7(11)9(12)14/h1-3,7H,4H2. The molecular weight excluding hydrogens is 249 g/mol. The number of hydrogen-bond donors (Lipinski definition) is 0. The molecule has 0 saturated heterocycles. The third-order valence-corrected chi connectivity index (χ3v) is 2.66. The summed E-state index contributed by atoms with van der Waals surface area (Å²) in [5.41, 5.74) is 0.672. The van der Waals surface area contributed by atoms with E-state index in [4.69, 9.17) is 34.8 Å². The van der Waals surface area contributed by atoms with Crippen molar-refractivity contribution < 1.29 is 9.18 Å². The normalized spacial score (nSPS) is 12.6. The Kier molecular flexibility index (Phi) is 4.17. The summed E-state index contributed by atoms with van der Waals surface area (Å²) in [5.74, 6) is -0.501. The smallest absolute Gasteiger partial charge is 0.239 e. The highest BCUT2D eigenvalue weighted by Crippen LogP contribution is 2.18. The van der Waals surface area contributed by atoms with Crippen LogP contribution in [0.3, 0.4) is 0 Å². The van der Waals surface area contributed by atoms with Crippen LogP contribution in [0.5, 0.6) is 0 Å². The summed E-state index contributed by atoms with van der Waals surface area (Å²) in [7, 11) is 0. The molecule has 5 heteroatoms. The number of benzene rings is 1. The summed E-state index contributed by atoms with van der Waals surface area (Å²) in [6, 6.07) is 4.16. The minimum atomic E-state index is -0.807. The average molecular weight is 256 g/mol. The van der Waals surface area contributed by atoms with E-state index in [0.29, 0.717) is 5.56 Å². The van der Waals surface area contributed by atoms with E-state index in [1.807, 2.05) is 0 Å². The van der Waals surface area contributed by atoms with Crippen molar-refractivity contribution in [2.24, 2.45) is 0 Å². The molecule has 0 aliphatic carbocycles. The molecule has 0 heterocycles. The Labute approximate surface area is 95.8 Å². The first-order chi connectivity index (χ1) is 6.50. The molecule has 1 unspecified atom stereocenters. The van der Waals surface area contributed by atoms with Crippen LogP contribution < -0.4 is 0 Å². The molecule has 1 rings (SSSR count). The lowest BCUT2D eigenvalue weighted by molar-refractivity contribution is -0.111. The Bertz CT molecular complexity index is 354. The van der Waals surface area contributed by atoms with Crippen LogP contribution in [-0.4, -0.2) is 10.6 Å². The van der Waals surface area contributed by atoms with Gasteiger partial charge in [-0.2, -0.15) is 0 Å². The van der Waals surface area contributed by atoms with E-state index in [9.17, 15) is 9.18 Å². The molecule has 0 fully saturated rings. The van der Waals surface area contributed by atoms with Crippen LogP contribution in [0.4, 0.5) is 4.39 Å². The Morgan fingerprint density at radius 3 is 2.64 bits per heavy atom. The molecule has 0 radical (unpaired) electrons. The van der Waals surface area contributed by atoms with E-state index in [-0.39, 0.29) is 11.4 Å². The Morgan fingerprint density at radius 1 is 1.50 bits per heavy atom. The minimum absolute atomic E-state index is 0.00777. The lowest BCUT2D eigenvalue weighted by atomic mass is 10.1. The number of carbonyl (C=O) groups is 1. The summed E-state index contributed by atoms with van der Waals surface area (Å²) < 4.78 is 12.7. The second kappa shape index (κ2) is 4.96. The van der Waals surface area contributed by atoms with Crippen molar-refractivity contribution in [2.45, 2.75) is 11.8 Å². The van der Waals surface area contributed by atoms with Crippen molar-refractivity contribution in [3.63, 3.8) is 0 Å². The van der Waals surface area contributed by atoms with Crippen molar-refractivity contribution in [1.29, 1.82) is 0 Å². The zero-order valence-corrected chi connectivity index (χ0v) is 9.20. The molecule has 0 amide bonds. The Hall–Kier alpha value is -0.310. The Balaban J connectivity index is 2.78. The average Bonchev–Trinajstić information content (AvgIpc) is 2.11. The van der Waals surface area contributed by atoms with E-state index < -0.39 is 16.4 Å². The highest BCUT2D eigenvalue weighted by atomic mass is 35.5. The zero-order valence-electron chi connectivity index (χ0n) is 6.94. The van der Waals surface area contributed by atoms with Gasteiger partial charge in [-0.3, -0.25) is 4.79 Å². The predicted molar refractivity (Wildman–Crippen MR) is 55.6 cm³/mol. The molecule has 0 N–H and O–H groups in total. The van der Waals surface area contributed by atoms with Gasteiger partial charge in [0.05, 0.1) is 5.02 Å². The SMILES string of the molecule is O=C(Cl)C(Cl)Cc1ccc(F)c(Cl)c1. The van der Waals surface area contributed by atoms with Crippen molar-refractivity contribution in [2.75, 3.05) is 0 Å². The first kappa shape index (κ1) is 11.8. The number of rotatable bonds is 3. The Morgan fingerprint density at radius 2 is 2.14 bits per heavy atom. The lowest BCUT2D eigenvalue weighted by Gasteiger charge is -2.04. The molecule has 1 aromatic rings. The van der Waals surface area contributed by atoms with Crippen molar-refractivity contribution in [3.05, 3.63) is 34.6 Å². The molecule has 0 aliphatic rings. The first-order valence-electron chi connectivity index (χ1n) is 3.78. The maximum Gasteiger partial charge on any atom is 0.239 e. The van der Waals surface area contributed by atoms with Gasteiger partial charge in [-0.05, 0) is 35.7 Å². The summed E-state index contributed by atoms with van der Waals surface area (Å²) in [6.45, 7) is 0. The van der Waals surface area contributed by atoms with Crippen LogP contribution in [-0.2, 0) is 11.2 Å². The van der Waals surface area contributed by atoms with Crippen LogP contribution in [0.25, 0.3) is 0 Å². The molecular formula is C9H6Cl3FO. The fourth-order valence-electron chi connectivity index (χ4n) is 0.954. The van der Waals surface area contributed by atoms with E-state index in [0.717, 1.165) is 0 Å². The highest BCUT2D eigenvalue weighted by Gasteiger charge is 2.13. The molecule has 0 saturated carbocycles. The van der Waals surface area contributed by atoms with Crippen molar-refractivity contribution >= 4 is 40.0 Å². The second-order valence-corrected chi connectivity index (χ2v) is 4.03. The van der Waals surface area contributed by atoms with Gasteiger partial charge in [0.1, 0.15) is 11.2 Å². The predicted octanol–water partition coefficient (Wildman–Crippen LogP) is 3.39. The fourth-order valence-corrected chi connectivity index (χ4v) is 1.41. The molecule has 0 aliphatic heterocycles. The molecule has 14 heavy (non-hydrogen) atoms. The summed E-state index contributed by atoms with van der Waals surface area (Å²) >= 11 is 16.3. The molecule has 76 valence electrons. The third kappa shape index (κ3) is 3.12. The number of hydrogen-bond acceptors (Lipinski definition) is 1. The summed E-state index contributed by atoms with van der Waals surface area (Å²) in [5, 5.41) is -1.43. The molecule has 0 aromatic heterocycles. The van der Waals surface area contributed by atoms with Gasteiger partial charge in [0.15, 0.2) is 0 Å². The number of carbonyl (C=O) groups excluding carboxylic acids is 1. The topological polar surface area (TPSA) is 17.1 Å². The second-order valence-electron chi connectivity index (χ2n) is 2.72. The number of alkyl halides is 1. The lowest BCUT2D eigenvalue weighted by Crippen LogP contribution is -2.11. The summed E-state index contributed by atoms with van der Waals surface area (Å²) in [4.78, 5) is 10.6. The monoisotopic (exact) mass is 254 g/mol. The molecule has 1 aromatic carbocycles. The largest absolute Gasteiger partial charge is 0.280 e. The van der Waals surface area contributed by atoms with Gasteiger partial charge in [-0.1, -0.05) is 17.7 Å². The zero-order chi connectivity index (χ0) is 10.7. The van der Waals surface area contributed by atoms with Crippen LogP contribution >= 0.6 is 34.8 Å². The molecule has 1 atom stereocenters. The van der Waals surface area contributed by atoms with Crippen molar-refractivity contribution in [1.82, 2.24) is 0 Å². The molecule has 1 nitrogen and oxygen atoms in total. The van der Waals surface area contributed by atoms with Gasteiger partial charge in [0.25, 0.3) is 0 Å².